The molecule has 0 unspecified atom stereocenters. The minimum atomic E-state index is 0.503. The first kappa shape index (κ1) is 9.84. The zero-order valence-corrected chi connectivity index (χ0v) is 10.6. The van der Waals surface area contributed by atoms with Crippen molar-refractivity contribution >= 4 is 61.6 Å². The molecule has 0 spiro atoms. The first-order chi connectivity index (χ1) is 6.24. The van der Waals surface area contributed by atoms with Crippen molar-refractivity contribution in [2.45, 2.75) is 10.8 Å². The Kier molecular flexibility index (Phi) is 2.88. The van der Waals surface area contributed by atoms with Gasteiger partial charge in [0.05, 0.1) is 0 Å². The maximum Gasteiger partial charge on any atom is 0.0496 e. The molecule has 2 aromatic rings. The van der Waals surface area contributed by atoms with Gasteiger partial charge in [-0.15, -0.1) is 35.6 Å². The standard InChI is InChI=1S/C9H6BrClS2/c10-7-8(12)6(4-11)3-5-1-2-13-9(5)7/h1-3,12H,4H2. The molecule has 0 N–H and O–H groups in total. The third kappa shape index (κ3) is 1.63. The highest BCUT2D eigenvalue weighted by Crippen LogP contribution is 2.36. The lowest BCUT2D eigenvalue weighted by Gasteiger charge is -2.04. The normalized spacial score (nSPS) is 11.0. The van der Waals surface area contributed by atoms with Crippen LogP contribution in [0.1, 0.15) is 5.56 Å². The van der Waals surface area contributed by atoms with Gasteiger partial charge >= 0.3 is 0 Å². The van der Waals surface area contributed by atoms with Crippen LogP contribution in [0.25, 0.3) is 10.1 Å². The second-order valence-electron chi connectivity index (χ2n) is 2.67. The van der Waals surface area contributed by atoms with Crippen molar-refractivity contribution < 1.29 is 0 Å². The number of rotatable bonds is 1. The predicted molar refractivity (Wildman–Crippen MR) is 66.3 cm³/mol. The van der Waals surface area contributed by atoms with Gasteiger partial charge in [-0.3, -0.25) is 0 Å². The van der Waals surface area contributed by atoms with Crippen LogP contribution in [0.15, 0.2) is 26.9 Å². The molecule has 2 rings (SSSR count). The van der Waals surface area contributed by atoms with E-state index in [1.54, 1.807) is 11.3 Å². The van der Waals surface area contributed by atoms with E-state index in [0.29, 0.717) is 5.88 Å². The van der Waals surface area contributed by atoms with Gasteiger partial charge in [0.2, 0.25) is 0 Å². The van der Waals surface area contributed by atoms with Crippen LogP contribution in [0.4, 0.5) is 0 Å². The third-order valence-corrected chi connectivity index (χ3v) is 4.99. The maximum atomic E-state index is 5.81. The lowest BCUT2D eigenvalue weighted by Crippen LogP contribution is -1.82. The molecular formula is C9H6BrClS2. The summed E-state index contributed by atoms with van der Waals surface area (Å²) in [5.41, 5.74) is 1.07. The Morgan fingerprint density at radius 1 is 1.54 bits per heavy atom. The Morgan fingerprint density at radius 3 is 3.00 bits per heavy atom. The molecule has 4 heteroatoms. The summed E-state index contributed by atoms with van der Waals surface area (Å²) in [6, 6.07) is 4.18. The zero-order valence-electron chi connectivity index (χ0n) is 6.55. The number of thiol groups is 1. The molecule has 0 aliphatic rings. The van der Waals surface area contributed by atoms with Crippen LogP contribution in [0.5, 0.6) is 0 Å². The van der Waals surface area contributed by atoms with Crippen LogP contribution in [0.2, 0.25) is 0 Å². The van der Waals surface area contributed by atoms with E-state index in [0.717, 1.165) is 14.9 Å². The van der Waals surface area contributed by atoms with Crippen molar-refractivity contribution in [1.29, 1.82) is 0 Å². The van der Waals surface area contributed by atoms with Gasteiger partial charge < -0.3 is 0 Å². The fraction of sp³-hybridized carbons (Fsp3) is 0.111. The molecule has 1 heterocycles. The molecule has 0 saturated heterocycles. The van der Waals surface area contributed by atoms with Crippen molar-refractivity contribution in [2.24, 2.45) is 0 Å². The SMILES string of the molecule is Sc1c(CCl)cc2ccsc2c1Br. The Balaban J connectivity index is 2.83. The quantitative estimate of drug-likeness (QED) is 0.572. The van der Waals surface area contributed by atoms with Gasteiger partial charge in [-0.2, -0.15) is 0 Å². The summed E-state index contributed by atoms with van der Waals surface area (Å²) in [5, 5.41) is 3.30. The second-order valence-corrected chi connectivity index (χ2v) is 5.09. The van der Waals surface area contributed by atoms with Gasteiger partial charge in [0.1, 0.15) is 0 Å². The molecule has 1 aromatic carbocycles. The molecule has 0 atom stereocenters. The smallest absolute Gasteiger partial charge is 0.0496 e. The monoisotopic (exact) mass is 292 g/mol. The van der Waals surface area contributed by atoms with Crippen LogP contribution >= 0.6 is 51.5 Å². The van der Waals surface area contributed by atoms with Crippen LogP contribution in [0.3, 0.4) is 0 Å². The first-order valence-electron chi connectivity index (χ1n) is 3.67. The summed E-state index contributed by atoms with van der Waals surface area (Å²) in [6.45, 7) is 0. The van der Waals surface area contributed by atoms with Crippen molar-refractivity contribution in [3.63, 3.8) is 0 Å². The fourth-order valence-electron chi connectivity index (χ4n) is 1.22. The first-order valence-corrected chi connectivity index (χ1v) is 6.33. The van der Waals surface area contributed by atoms with Gasteiger partial charge in [0.15, 0.2) is 0 Å². The molecule has 68 valence electrons. The van der Waals surface area contributed by atoms with Gasteiger partial charge in [0, 0.05) is 19.9 Å². The van der Waals surface area contributed by atoms with Gasteiger partial charge in [0.25, 0.3) is 0 Å². The number of hydrogen-bond donors (Lipinski definition) is 1. The van der Waals surface area contributed by atoms with Crippen LogP contribution in [-0.4, -0.2) is 0 Å². The largest absolute Gasteiger partial charge is 0.143 e. The van der Waals surface area contributed by atoms with Crippen LogP contribution in [-0.2, 0) is 5.88 Å². The van der Waals surface area contributed by atoms with Crippen LogP contribution in [0, 0.1) is 0 Å². The molecule has 0 saturated carbocycles. The number of hydrogen-bond acceptors (Lipinski definition) is 2. The summed E-state index contributed by atoms with van der Waals surface area (Å²) in [6.07, 6.45) is 0. The van der Waals surface area contributed by atoms with E-state index >= 15 is 0 Å². The highest BCUT2D eigenvalue weighted by Gasteiger charge is 2.08. The Hall–Kier alpha value is 0.300. The average molecular weight is 294 g/mol. The van der Waals surface area contributed by atoms with E-state index in [9.17, 15) is 0 Å². The Labute approximate surface area is 99.4 Å². The van der Waals surface area contributed by atoms with E-state index in [-0.39, 0.29) is 0 Å². The number of benzene rings is 1. The highest BCUT2D eigenvalue weighted by atomic mass is 79.9. The third-order valence-electron chi connectivity index (χ3n) is 1.88. The lowest BCUT2D eigenvalue weighted by atomic mass is 10.2. The Bertz CT molecular complexity index is 450. The van der Waals surface area contributed by atoms with Crippen molar-refractivity contribution in [3.05, 3.63) is 27.5 Å². The molecular weight excluding hydrogens is 288 g/mol. The summed E-state index contributed by atoms with van der Waals surface area (Å²) in [7, 11) is 0. The maximum absolute atomic E-state index is 5.81. The molecule has 0 bridgehead atoms. The fourth-order valence-corrected chi connectivity index (χ4v) is 3.44. The van der Waals surface area contributed by atoms with E-state index in [2.05, 4.69) is 46.1 Å². The lowest BCUT2D eigenvalue weighted by molar-refractivity contribution is 1.27. The number of alkyl halides is 1. The van der Waals surface area contributed by atoms with Gasteiger partial charge in [-0.25, -0.2) is 0 Å². The molecule has 0 amide bonds. The molecule has 1 aromatic heterocycles. The van der Waals surface area contributed by atoms with Gasteiger partial charge in [-0.1, -0.05) is 0 Å². The minimum Gasteiger partial charge on any atom is -0.143 e. The Morgan fingerprint density at radius 2 is 2.31 bits per heavy atom. The second kappa shape index (κ2) is 3.81. The van der Waals surface area contributed by atoms with Crippen molar-refractivity contribution in [3.8, 4) is 0 Å². The molecule has 0 radical (unpaired) electrons. The van der Waals surface area contributed by atoms with Crippen molar-refractivity contribution in [1.82, 2.24) is 0 Å². The molecule has 0 aliphatic heterocycles. The summed E-state index contributed by atoms with van der Waals surface area (Å²) < 4.78 is 2.29. The van der Waals surface area contributed by atoms with E-state index in [4.69, 9.17) is 11.6 Å². The van der Waals surface area contributed by atoms with Crippen LogP contribution < -0.4 is 0 Å². The van der Waals surface area contributed by atoms with Gasteiger partial charge in [-0.05, 0) is 44.4 Å². The predicted octanol–water partition coefficient (Wildman–Crippen LogP) is 4.69. The molecule has 13 heavy (non-hydrogen) atoms. The number of thiophene rings is 1. The highest BCUT2D eigenvalue weighted by molar-refractivity contribution is 9.10. The number of halogens is 2. The van der Waals surface area contributed by atoms with E-state index < -0.39 is 0 Å². The summed E-state index contributed by atoms with van der Waals surface area (Å²) in [4.78, 5) is 0.949. The van der Waals surface area contributed by atoms with E-state index in [1.807, 2.05) is 0 Å². The molecule has 0 aliphatic carbocycles. The summed E-state index contributed by atoms with van der Waals surface area (Å²) >= 11 is 15.5. The number of fused-ring (bicyclic) bond motifs is 1. The van der Waals surface area contributed by atoms with Crippen molar-refractivity contribution in [2.75, 3.05) is 0 Å². The topological polar surface area (TPSA) is 0 Å². The van der Waals surface area contributed by atoms with E-state index in [1.165, 1.54) is 10.1 Å². The molecule has 0 nitrogen and oxygen atoms in total. The molecule has 0 fully saturated rings. The summed E-state index contributed by atoms with van der Waals surface area (Å²) in [5.74, 6) is 0.503. The minimum absolute atomic E-state index is 0.503. The zero-order chi connectivity index (χ0) is 9.42. The average Bonchev–Trinajstić information content (AvgIpc) is 2.59.